The fraction of sp³-hybridized carbons (Fsp3) is 0.480. The molecular weight excluding hydrogens is 517 g/mol. The minimum absolute atomic E-state index is 0.0813. The Kier molecular flexibility index (Phi) is 12.0. The highest BCUT2D eigenvalue weighted by molar-refractivity contribution is 7.60. The molecule has 13 heteroatoms. The minimum atomic E-state index is -4.57. The topological polar surface area (TPSA) is 179 Å². The van der Waals surface area contributed by atoms with Crippen molar-refractivity contribution < 1.29 is 43.1 Å². The van der Waals surface area contributed by atoms with E-state index in [4.69, 9.17) is 9.15 Å². The second-order valence-corrected chi connectivity index (χ2v) is 10.2. The van der Waals surface area contributed by atoms with E-state index in [2.05, 4.69) is 10.6 Å². The number of nitrogens with zero attached hydrogens (tertiary/aromatic N) is 1. The summed E-state index contributed by atoms with van der Waals surface area (Å²) < 4.78 is 22.8. The highest BCUT2D eigenvalue weighted by Gasteiger charge is 2.30. The third-order valence-corrected chi connectivity index (χ3v) is 6.88. The summed E-state index contributed by atoms with van der Waals surface area (Å²) in [6.07, 6.45) is 3.70. The summed E-state index contributed by atoms with van der Waals surface area (Å²) in [4.78, 5) is 55.7. The third kappa shape index (κ3) is 8.70. The summed E-state index contributed by atoms with van der Waals surface area (Å²) in [7, 11) is -4.57. The van der Waals surface area contributed by atoms with Crippen LogP contribution in [0.2, 0.25) is 0 Å². The molecule has 0 fully saturated rings. The molecule has 210 valence electrons. The lowest BCUT2D eigenvalue weighted by Crippen LogP contribution is -2.47. The van der Waals surface area contributed by atoms with Gasteiger partial charge in [0.2, 0.25) is 12.3 Å². The number of carbonyl (C=O) groups is 3. The van der Waals surface area contributed by atoms with Crippen LogP contribution in [0.1, 0.15) is 63.4 Å². The molecular formula is C25H36N3O9P. The molecule has 2 atom stereocenters. The van der Waals surface area contributed by atoms with Crippen LogP contribution in [0.3, 0.4) is 0 Å². The first kappa shape index (κ1) is 31.0. The molecule has 0 aliphatic rings. The van der Waals surface area contributed by atoms with Crippen molar-refractivity contribution in [1.29, 1.82) is 0 Å². The van der Waals surface area contributed by atoms with Crippen LogP contribution in [0.25, 0.3) is 11.3 Å². The molecule has 12 nitrogen and oxygen atoms in total. The van der Waals surface area contributed by atoms with Crippen LogP contribution in [-0.4, -0.2) is 57.6 Å². The molecule has 1 heterocycles. The number of benzene rings is 1. The lowest BCUT2D eigenvalue weighted by Gasteiger charge is -2.29. The first-order chi connectivity index (χ1) is 18.0. The van der Waals surface area contributed by atoms with Gasteiger partial charge < -0.3 is 29.6 Å². The molecule has 0 spiro atoms. The maximum Gasteiger partial charge on any atom is 0.356 e. The van der Waals surface area contributed by atoms with Crippen molar-refractivity contribution in [2.75, 3.05) is 13.3 Å². The van der Waals surface area contributed by atoms with Crippen molar-refractivity contribution in [3.63, 3.8) is 0 Å². The molecule has 0 aliphatic heterocycles. The summed E-state index contributed by atoms with van der Waals surface area (Å²) in [5, 5.41) is 15.3. The lowest BCUT2D eigenvalue weighted by atomic mass is 9.90. The van der Waals surface area contributed by atoms with Gasteiger partial charge in [0, 0.05) is 5.56 Å². The van der Waals surface area contributed by atoms with Gasteiger partial charge in [-0.05, 0) is 50.1 Å². The van der Waals surface area contributed by atoms with Crippen LogP contribution in [0.15, 0.2) is 34.7 Å². The molecule has 1 aromatic heterocycles. The molecule has 2 rings (SSSR count). The largest absolute Gasteiger partial charge is 0.494 e. The molecule has 3 amide bonds. The van der Waals surface area contributed by atoms with Crippen LogP contribution in [0, 0.1) is 5.92 Å². The Labute approximate surface area is 221 Å². The molecule has 0 radical (unpaired) electrons. The lowest BCUT2D eigenvalue weighted by molar-refractivity contribution is -0.168. The second-order valence-electron chi connectivity index (χ2n) is 8.64. The van der Waals surface area contributed by atoms with Gasteiger partial charge in [-0.3, -0.25) is 24.2 Å². The summed E-state index contributed by atoms with van der Waals surface area (Å²) in [6, 6.07) is 6.22. The molecule has 0 saturated heterocycles. The first-order valence-corrected chi connectivity index (χ1v) is 14.1. The number of ether oxygens (including phenoxy) is 1. The van der Waals surface area contributed by atoms with E-state index in [1.54, 1.807) is 13.8 Å². The van der Waals surface area contributed by atoms with Crippen molar-refractivity contribution in [2.24, 2.45) is 5.92 Å². The number of hydrogen-bond donors (Lipinski definition) is 5. The van der Waals surface area contributed by atoms with Gasteiger partial charge in [0.05, 0.1) is 30.5 Å². The molecule has 38 heavy (non-hydrogen) atoms. The number of hydrogen-bond acceptors (Lipinski definition) is 7. The van der Waals surface area contributed by atoms with Crippen LogP contribution >= 0.6 is 7.60 Å². The van der Waals surface area contributed by atoms with Crippen molar-refractivity contribution >= 4 is 31.1 Å². The van der Waals surface area contributed by atoms with Gasteiger partial charge in [-0.2, -0.15) is 0 Å². The van der Waals surface area contributed by atoms with E-state index in [9.17, 15) is 33.9 Å². The predicted octanol–water partition coefficient (Wildman–Crippen LogP) is 2.77. The van der Waals surface area contributed by atoms with Gasteiger partial charge in [-0.1, -0.05) is 33.1 Å². The zero-order valence-corrected chi connectivity index (χ0v) is 22.6. The van der Waals surface area contributed by atoms with Crippen LogP contribution < -0.4 is 20.7 Å². The fourth-order valence-corrected chi connectivity index (χ4v) is 4.64. The normalized spacial score (nSPS) is 12.9. The van der Waals surface area contributed by atoms with E-state index in [-0.39, 0.29) is 42.3 Å². The van der Waals surface area contributed by atoms with Gasteiger partial charge in [0.15, 0.2) is 5.76 Å². The van der Waals surface area contributed by atoms with Gasteiger partial charge in [0.1, 0.15) is 11.5 Å². The van der Waals surface area contributed by atoms with Crippen LogP contribution in [0.4, 0.5) is 0 Å². The number of amides is 3. The number of furan rings is 1. The van der Waals surface area contributed by atoms with Crippen molar-refractivity contribution in [2.45, 2.75) is 58.9 Å². The smallest absolute Gasteiger partial charge is 0.356 e. The van der Waals surface area contributed by atoms with Crippen molar-refractivity contribution in [1.82, 2.24) is 15.7 Å². The van der Waals surface area contributed by atoms with E-state index < -0.39 is 31.4 Å². The van der Waals surface area contributed by atoms with Crippen molar-refractivity contribution in [3.05, 3.63) is 36.1 Å². The Bertz CT molecular complexity index is 1130. The number of carbonyl (C=O) groups excluding carboxylic acids is 3. The Morgan fingerprint density at radius 1 is 1.13 bits per heavy atom. The highest BCUT2D eigenvalue weighted by atomic mass is 31.2. The quantitative estimate of drug-likeness (QED) is 0.0522. The maximum atomic E-state index is 12.8. The fourth-order valence-electron chi connectivity index (χ4n) is 4.04. The van der Waals surface area contributed by atoms with E-state index in [0.717, 1.165) is 19.3 Å². The zero-order valence-electron chi connectivity index (χ0n) is 21.8. The van der Waals surface area contributed by atoms with E-state index in [0.29, 0.717) is 23.5 Å². The van der Waals surface area contributed by atoms with Crippen molar-refractivity contribution in [3.8, 4) is 17.1 Å². The Morgan fingerprint density at radius 3 is 2.47 bits per heavy atom. The van der Waals surface area contributed by atoms with Gasteiger partial charge in [-0.15, -0.1) is 0 Å². The second kappa shape index (κ2) is 14.7. The Hall–Kier alpha value is -3.18. The molecule has 1 aromatic carbocycles. The first-order valence-electron chi connectivity index (χ1n) is 12.5. The average Bonchev–Trinajstić information content (AvgIpc) is 3.38. The molecule has 1 unspecified atom stereocenters. The number of hydroxylamine groups is 2. The summed E-state index contributed by atoms with van der Waals surface area (Å²) in [5.74, 6) is -1.35. The Balaban J connectivity index is 2.08. The molecule has 5 N–H and O–H groups in total. The standard InChI is InChI=1S/C25H36N3O9P/c1-4-7-8-9-20(21(5-2)28(32)16-29)24(30)26-15-27-25(31)23-11-10-22(37-23)17-12-18(36-6-3)14-19(13-17)38(33,34)35/h10-14,16,20-21,32H,4-9,15H2,1-3H3,(H,26,30)(H,27,31)(H2,33,34,35)/t20?,21-/m1/s1. The summed E-state index contributed by atoms with van der Waals surface area (Å²) >= 11 is 0. The summed E-state index contributed by atoms with van der Waals surface area (Å²) in [5.41, 5.74) is 0.311. The zero-order chi connectivity index (χ0) is 28.3. The van der Waals surface area contributed by atoms with Gasteiger partial charge in [-0.25, -0.2) is 5.06 Å². The van der Waals surface area contributed by atoms with Crippen LogP contribution in [-0.2, 0) is 14.2 Å². The molecule has 2 aromatic rings. The number of rotatable bonds is 16. The molecule has 0 aliphatic carbocycles. The van der Waals surface area contributed by atoms with E-state index in [1.165, 1.54) is 30.3 Å². The maximum absolute atomic E-state index is 12.8. The van der Waals surface area contributed by atoms with Crippen LogP contribution in [0.5, 0.6) is 5.75 Å². The average molecular weight is 554 g/mol. The van der Waals surface area contributed by atoms with Gasteiger partial charge in [0.25, 0.3) is 5.91 Å². The van der Waals surface area contributed by atoms with E-state index in [1.807, 2.05) is 6.92 Å². The molecule has 0 bridgehead atoms. The SMILES string of the molecule is CCCCCC(C(=O)NCNC(=O)c1ccc(-c2cc(OCC)cc(P(=O)(O)O)c2)o1)[C@@H](CC)N(O)C=O. The van der Waals surface area contributed by atoms with E-state index >= 15 is 0 Å². The summed E-state index contributed by atoms with van der Waals surface area (Å²) in [6.45, 7) is 5.59. The van der Waals surface area contributed by atoms with Gasteiger partial charge >= 0.3 is 7.60 Å². The monoisotopic (exact) mass is 553 g/mol. The highest BCUT2D eigenvalue weighted by Crippen LogP contribution is 2.37. The number of nitrogens with one attached hydrogen (secondary N) is 2. The number of unbranched alkanes of at least 4 members (excludes halogenated alkanes) is 2. The predicted molar refractivity (Wildman–Crippen MR) is 139 cm³/mol. The third-order valence-electron chi connectivity index (χ3n) is 5.95. The minimum Gasteiger partial charge on any atom is -0.494 e. The molecule has 0 saturated carbocycles. The Morgan fingerprint density at radius 2 is 1.87 bits per heavy atom.